The average molecular weight is 591 g/mol. The first kappa shape index (κ1) is 35.5. The molecule has 0 saturated heterocycles. The molecule has 0 aromatic heterocycles. The summed E-state index contributed by atoms with van der Waals surface area (Å²) < 4.78 is 5.83. The van der Waals surface area contributed by atoms with Gasteiger partial charge in [0.1, 0.15) is 6.61 Å². The minimum absolute atomic E-state index is 0.0253. The molecule has 3 N–H and O–H groups in total. The SMILES string of the molecule is C=CCCC[C@H](Cc1ccccc1)C(=O)OC[C@@H](NC(=O)[C@H](CC=C)CC(=O)N[C@@H](CO)Cc1ccccc1)C(C)(C)C. The van der Waals surface area contributed by atoms with Crippen molar-refractivity contribution in [2.24, 2.45) is 17.3 Å². The van der Waals surface area contributed by atoms with E-state index < -0.39 is 23.4 Å². The van der Waals surface area contributed by atoms with E-state index in [1.54, 1.807) is 6.08 Å². The molecule has 0 aliphatic carbocycles. The predicted molar refractivity (Wildman–Crippen MR) is 172 cm³/mol. The molecule has 4 atom stereocenters. The summed E-state index contributed by atoms with van der Waals surface area (Å²) in [5, 5.41) is 15.7. The number of ether oxygens (including phenoxy) is 1. The van der Waals surface area contributed by atoms with Crippen LogP contribution in [-0.4, -0.2) is 48.2 Å². The first-order valence-electron chi connectivity index (χ1n) is 15.2. The summed E-state index contributed by atoms with van der Waals surface area (Å²) in [4.78, 5) is 39.6. The lowest BCUT2D eigenvalue weighted by Gasteiger charge is -2.32. The van der Waals surface area contributed by atoms with Gasteiger partial charge in [-0.25, -0.2) is 0 Å². The van der Waals surface area contributed by atoms with Crippen molar-refractivity contribution >= 4 is 17.8 Å². The van der Waals surface area contributed by atoms with E-state index in [0.29, 0.717) is 25.7 Å². The first-order valence-corrected chi connectivity index (χ1v) is 15.2. The monoisotopic (exact) mass is 590 g/mol. The van der Waals surface area contributed by atoms with E-state index >= 15 is 0 Å². The highest BCUT2D eigenvalue weighted by molar-refractivity contribution is 5.86. The maximum Gasteiger partial charge on any atom is 0.309 e. The number of unbranched alkanes of at least 4 members (excludes halogenated alkanes) is 1. The lowest BCUT2D eigenvalue weighted by molar-refractivity contribution is -0.151. The highest BCUT2D eigenvalue weighted by Gasteiger charge is 2.32. The van der Waals surface area contributed by atoms with Crippen LogP contribution in [0.25, 0.3) is 0 Å². The van der Waals surface area contributed by atoms with Crippen LogP contribution in [0.3, 0.4) is 0 Å². The second-order valence-electron chi connectivity index (χ2n) is 12.2. The Hall–Kier alpha value is -3.71. The van der Waals surface area contributed by atoms with Gasteiger partial charge in [0.25, 0.3) is 0 Å². The molecule has 0 aliphatic rings. The number of nitrogens with one attached hydrogen (secondary N) is 2. The number of hydrogen-bond donors (Lipinski definition) is 3. The molecule has 0 unspecified atom stereocenters. The minimum Gasteiger partial charge on any atom is -0.463 e. The molecule has 2 aromatic rings. The Morgan fingerprint density at radius 2 is 1.49 bits per heavy atom. The second-order valence-corrected chi connectivity index (χ2v) is 12.2. The van der Waals surface area contributed by atoms with Crippen molar-refractivity contribution < 1.29 is 24.2 Å². The fourth-order valence-corrected chi connectivity index (χ4v) is 4.85. The Morgan fingerprint density at radius 1 is 0.884 bits per heavy atom. The van der Waals surface area contributed by atoms with Gasteiger partial charge in [0.15, 0.2) is 0 Å². The molecule has 0 bridgehead atoms. The Balaban J connectivity index is 2.03. The van der Waals surface area contributed by atoms with E-state index in [4.69, 9.17) is 4.74 Å². The van der Waals surface area contributed by atoms with Crippen molar-refractivity contribution in [1.82, 2.24) is 10.6 Å². The Kier molecular flexibility index (Phi) is 15.5. The van der Waals surface area contributed by atoms with Gasteiger partial charge < -0.3 is 20.5 Å². The van der Waals surface area contributed by atoms with Crippen molar-refractivity contribution in [1.29, 1.82) is 0 Å². The van der Waals surface area contributed by atoms with E-state index in [1.807, 2.05) is 87.5 Å². The molecule has 234 valence electrons. The zero-order chi connectivity index (χ0) is 31.7. The van der Waals surface area contributed by atoms with Gasteiger partial charge in [-0.15, -0.1) is 13.2 Å². The topological polar surface area (TPSA) is 105 Å². The van der Waals surface area contributed by atoms with E-state index in [1.165, 1.54) is 0 Å². The number of esters is 1. The van der Waals surface area contributed by atoms with Crippen molar-refractivity contribution in [3.63, 3.8) is 0 Å². The molecule has 0 radical (unpaired) electrons. The van der Waals surface area contributed by atoms with Gasteiger partial charge in [-0.1, -0.05) is 93.6 Å². The molecule has 2 amide bonds. The summed E-state index contributed by atoms with van der Waals surface area (Å²) in [6, 6.07) is 18.6. The third-order valence-electron chi connectivity index (χ3n) is 7.54. The van der Waals surface area contributed by atoms with Crippen molar-refractivity contribution in [3.8, 4) is 0 Å². The third kappa shape index (κ3) is 13.4. The second kappa shape index (κ2) is 18.7. The summed E-state index contributed by atoms with van der Waals surface area (Å²) in [6.07, 6.45) is 7.13. The fraction of sp³-hybridized carbons (Fsp3) is 0.472. The summed E-state index contributed by atoms with van der Waals surface area (Å²) in [5.74, 6) is -1.86. The number of carbonyl (C=O) groups excluding carboxylic acids is 3. The van der Waals surface area contributed by atoms with Gasteiger partial charge in [0.05, 0.1) is 30.5 Å². The Bertz CT molecular complexity index is 1140. The molecule has 0 aliphatic heterocycles. The van der Waals surface area contributed by atoms with Gasteiger partial charge in [0.2, 0.25) is 11.8 Å². The summed E-state index contributed by atoms with van der Waals surface area (Å²) in [6.45, 7) is 13.3. The number of aliphatic hydroxyl groups excluding tert-OH is 1. The molecule has 43 heavy (non-hydrogen) atoms. The molecular weight excluding hydrogens is 540 g/mol. The summed E-state index contributed by atoms with van der Waals surface area (Å²) >= 11 is 0. The summed E-state index contributed by atoms with van der Waals surface area (Å²) in [5.41, 5.74) is 1.66. The van der Waals surface area contributed by atoms with Crippen molar-refractivity contribution in [3.05, 3.63) is 97.1 Å². The maximum atomic E-state index is 13.4. The normalized spacial score (nSPS) is 14.0. The number of hydrogen-bond acceptors (Lipinski definition) is 5. The summed E-state index contributed by atoms with van der Waals surface area (Å²) in [7, 11) is 0. The molecule has 2 rings (SSSR count). The average Bonchev–Trinajstić information content (AvgIpc) is 2.98. The lowest BCUT2D eigenvalue weighted by atomic mass is 9.86. The van der Waals surface area contributed by atoms with Crippen LogP contribution in [0.1, 0.15) is 64.0 Å². The largest absolute Gasteiger partial charge is 0.463 e. The van der Waals surface area contributed by atoms with E-state index in [0.717, 1.165) is 24.0 Å². The highest BCUT2D eigenvalue weighted by Crippen LogP contribution is 2.23. The van der Waals surface area contributed by atoms with Crippen LogP contribution in [0, 0.1) is 17.3 Å². The molecule has 7 nitrogen and oxygen atoms in total. The Labute approximate surface area is 257 Å². The zero-order valence-electron chi connectivity index (χ0n) is 26.1. The van der Waals surface area contributed by atoms with Gasteiger partial charge in [-0.05, 0) is 55.1 Å². The zero-order valence-corrected chi connectivity index (χ0v) is 26.1. The van der Waals surface area contributed by atoms with Crippen LogP contribution in [-0.2, 0) is 32.0 Å². The quantitative estimate of drug-likeness (QED) is 0.113. The van der Waals surface area contributed by atoms with Gasteiger partial charge >= 0.3 is 5.97 Å². The van der Waals surface area contributed by atoms with E-state index in [2.05, 4.69) is 23.8 Å². The van der Waals surface area contributed by atoms with Crippen LogP contribution in [0.2, 0.25) is 0 Å². The molecule has 0 fully saturated rings. The standard InChI is InChI=1S/C36H50N2O5/c1-6-8-11-21-30(22-27-17-12-9-13-18-27)35(42)43-26-32(36(3,4)5)38-34(41)29(16-7-2)24-33(40)37-31(25-39)23-28-19-14-10-15-20-28/h6-7,9-10,12-15,17-20,29-32,39H,1-2,8,11,16,21-26H2,3-5H3,(H,37,40)(H,38,41)/t29-,30-,31-,32-/m1/s1. The van der Waals surface area contributed by atoms with Crippen molar-refractivity contribution in [2.45, 2.75) is 77.8 Å². The number of benzene rings is 2. The molecule has 0 heterocycles. The number of rotatable bonds is 19. The predicted octanol–water partition coefficient (Wildman–Crippen LogP) is 5.58. The molecule has 0 saturated carbocycles. The molecule has 0 spiro atoms. The minimum atomic E-state index is -0.654. The molecule has 7 heteroatoms. The van der Waals surface area contributed by atoms with Crippen LogP contribution in [0.5, 0.6) is 0 Å². The molecular formula is C36H50N2O5. The van der Waals surface area contributed by atoms with Crippen LogP contribution in [0.15, 0.2) is 86.0 Å². The smallest absolute Gasteiger partial charge is 0.309 e. The van der Waals surface area contributed by atoms with Gasteiger partial charge in [0, 0.05) is 6.42 Å². The number of aliphatic hydroxyl groups is 1. The number of carbonyl (C=O) groups is 3. The first-order chi connectivity index (χ1) is 20.6. The van der Waals surface area contributed by atoms with E-state index in [9.17, 15) is 19.5 Å². The Morgan fingerprint density at radius 3 is 2.02 bits per heavy atom. The van der Waals surface area contributed by atoms with Gasteiger partial charge in [-0.3, -0.25) is 14.4 Å². The fourth-order valence-electron chi connectivity index (χ4n) is 4.85. The van der Waals surface area contributed by atoms with E-state index in [-0.39, 0.29) is 43.3 Å². The van der Waals surface area contributed by atoms with Crippen LogP contribution in [0.4, 0.5) is 0 Å². The lowest BCUT2D eigenvalue weighted by Crippen LogP contribution is -2.50. The van der Waals surface area contributed by atoms with Crippen LogP contribution >= 0.6 is 0 Å². The van der Waals surface area contributed by atoms with Crippen molar-refractivity contribution in [2.75, 3.05) is 13.2 Å². The van der Waals surface area contributed by atoms with Crippen LogP contribution < -0.4 is 10.6 Å². The number of amides is 2. The third-order valence-corrected chi connectivity index (χ3v) is 7.54. The molecule has 2 aromatic carbocycles. The maximum absolute atomic E-state index is 13.4. The highest BCUT2D eigenvalue weighted by atomic mass is 16.5. The number of allylic oxidation sites excluding steroid dienone is 2. The van der Waals surface area contributed by atoms with Gasteiger partial charge in [-0.2, -0.15) is 0 Å².